The summed E-state index contributed by atoms with van der Waals surface area (Å²) in [6.07, 6.45) is 7.50. The van der Waals surface area contributed by atoms with Crippen LogP contribution in [0.15, 0.2) is 36.7 Å². The molecule has 112 valence electrons. The summed E-state index contributed by atoms with van der Waals surface area (Å²) in [5, 5.41) is 16.8. The number of benzene rings is 1. The van der Waals surface area contributed by atoms with Crippen molar-refractivity contribution in [3.8, 4) is 0 Å². The largest absolute Gasteiger partial charge is 0.394 e. The van der Waals surface area contributed by atoms with Crippen LogP contribution < -0.4 is 5.32 Å². The van der Waals surface area contributed by atoms with E-state index < -0.39 is 0 Å². The highest BCUT2D eigenvalue weighted by molar-refractivity contribution is 5.40. The van der Waals surface area contributed by atoms with Gasteiger partial charge in [0.2, 0.25) is 0 Å². The predicted octanol–water partition coefficient (Wildman–Crippen LogP) is 2.62. The van der Waals surface area contributed by atoms with E-state index in [4.69, 9.17) is 5.11 Å². The van der Waals surface area contributed by atoms with E-state index in [0.29, 0.717) is 12.6 Å². The van der Waals surface area contributed by atoms with Gasteiger partial charge in [-0.05, 0) is 37.7 Å². The van der Waals surface area contributed by atoms with E-state index in [9.17, 15) is 0 Å². The lowest BCUT2D eigenvalue weighted by Gasteiger charge is -2.18. The molecule has 1 aromatic heterocycles. The Balaban J connectivity index is 1.65. The normalized spacial score (nSPS) is 15.9. The standard InChI is InChI=1S/C17H23N3O/c1-13-2-4-14(5-3-13)10-17(15-6-7-15)19-16-11-18-20(12-16)8-9-21/h2-5,11-12,15,17,19,21H,6-10H2,1H3. The Bertz CT molecular complexity index is 572. The van der Waals surface area contributed by atoms with E-state index in [1.165, 1.54) is 24.0 Å². The Hall–Kier alpha value is -1.81. The van der Waals surface area contributed by atoms with E-state index in [-0.39, 0.29) is 6.61 Å². The summed E-state index contributed by atoms with van der Waals surface area (Å²) >= 11 is 0. The molecule has 1 aliphatic carbocycles. The minimum absolute atomic E-state index is 0.122. The molecule has 1 saturated carbocycles. The van der Waals surface area contributed by atoms with Crippen molar-refractivity contribution >= 4 is 5.69 Å². The lowest BCUT2D eigenvalue weighted by Crippen LogP contribution is -2.24. The van der Waals surface area contributed by atoms with Gasteiger partial charge in [0.1, 0.15) is 0 Å². The molecule has 0 bridgehead atoms. The average molecular weight is 285 g/mol. The molecule has 1 aromatic carbocycles. The number of anilines is 1. The van der Waals surface area contributed by atoms with Crippen molar-refractivity contribution in [2.45, 2.75) is 38.8 Å². The molecule has 21 heavy (non-hydrogen) atoms. The van der Waals surface area contributed by atoms with Crippen LogP contribution in [0.5, 0.6) is 0 Å². The van der Waals surface area contributed by atoms with E-state index in [1.807, 2.05) is 12.4 Å². The zero-order chi connectivity index (χ0) is 14.7. The van der Waals surface area contributed by atoms with Gasteiger partial charge in [-0.3, -0.25) is 4.68 Å². The molecule has 1 heterocycles. The van der Waals surface area contributed by atoms with Gasteiger partial charge in [0.25, 0.3) is 0 Å². The first kappa shape index (κ1) is 14.1. The number of rotatable bonds is 7. The molecule has 2 aromatic rings. The Kier molecular flexibility index (Phi) is 4.25. The monoisotopic (exact) mass is 285 g/mol. The third-order valence-electron chi connectivity index (χ3n) is 4.08. The molecular formula is C17H23N3O. The number of aliphatic hydroxyl groups excluding tert-OH is 1. The van der Waals surface area contributed by atoms with E-state index >= 15 is 0 Å². The predicted molar refractivity (Wildman–Crippen MR) is 84.3 cm³/mol. The van der Waals surface area contributed by atoms with Crippen LogP contribution in [-0.4, -0.2) is 27.5 Å². The molecule has 1 unspecified atom stereocenters. The smallest absolute Gasteiger partial charge is 0.0728 e. The Labute approximate surface area is 125 Å². The first-order chi connectivity index (χ1) is 10.2. The van der Waals surface area contributed by atoms with Crippen molar-refractivity contribution in [2.24, 2.45) is 5.92 Å². The zero-order valence-corrected chi connectivity index (χ0v) is 12.5. The number of hydrogen-bond acceptors (Lipinski definition) is 3. The summed E-state index contributed by atoms with van der Waals surface area (Å²) in [4.78, 5) is 0. The van der Waals surface area contributed by atoms with Gasteiger partial charge in [-0.25, -0.2) is 0 Å². The Morgan fingerprint density at radius 3 is 2.76 bits per heavy atom. The first-order valence-corrected chi connectivity index (χ1v) is 7.70. The molecule has 0 aliphatic heterocycles. The van der Waals surface area contributed by atoms with Gasteiger partial charge in [-0.15, -0.1) is 0 Å². The quantitative estimate of drug-likeness (QED) is 0.822. The summed E-state index contributed by atoms with van der Waals surface area (Å²) in [5.41, 5.74) is 3.74. The SMILES string of the molecule is Cc1ccc(CC(Nc2cnn(CCO)c2)C2CC2)cc1. The molecule has 4 nitrogen and oxygen atoms in total. The maximum Gasteiger partial charge on any atom is 0.0728 e. The highest BCUT2D eigenvalue weighted by atomic mass is 16.3. The van der Waals surface area contributed by atoms with Gasteiger partial charge in [0, 0.05) is 12.2 Å². The number of nitrogens with one attached hydrogen (secondary N) is 1. The zero-order valence-electron chi connectivity index (χ0n) is 12.5. The van der Waals surface area contributed by atoms with Crippen LogP contribution in [0.1, 0.15) is 24.0 Å². The Morgan fingerprint density at radius 2 is 2.10 bits per heavy atom. The summed E-state index contributed by atoms with van der Waals surface area (Å²) in [6.45, 7) is 2.79. The summed E-state index contributed by atoms with van der Waals surface area (Å²) in [6, 6.07) is 9.28. The molecule has 1 fully saturated rings. The second kappa shape index (κ2) is 6.31. The van der Waals surface area contributed by atoms with Crippen molar-refractivity contribution in [1.82, 2.24) is 9.78 Å². The number of aromatic nitrogens is 2. The minimum Gasteiger partial charge on any atom is -0.394 e. The Morgan fingerprint density at radius 1 is 1.33 bits per heavy atom. The van der Waals surface area contributed by atoms with E-state index in [0.717, 1.165) is 18.0 Å². The van der Waals surface area contributed by atoms with Gasteiger partial charge in [0.05, 0.1) is 25.0 Å². The molecule has 1 atom stereocenters. The van der Waals surface area contributed by atoms with Crippen LogP contribution in [0.2, 0.25) is 0 Å². The van der Waals surface area contributed by atoms with Crippen LogP contribution in [0, 0.1) is 12.8 Å². The van der Waals surface area contributed by atoms with Crippen LogP contribution >= 0.6 is 0 Å². The maximum atomic E-state index is 8.95. The highest BCUT2D eigenvalue weighted by Crippen LogP contribution is 2.35. The van der Waals surface area contributed by atoms with Gasteiger partial charge in [-0.1, -0.05) is 29.8 Å². The van der Waals surface area contributed by atoms with E-state index in [1.54, 1.807) is 4.68 Å². The third-order valence-corrected chi connectivity index (χ3v) is 4.08. The number of aryl methyl sites for hydroxylation is 1. The summed E-state index contributed by atoms with van der Waals surface area (Å²) in [5.74, 6) is 0.771. The molecule has 0 saturated heterocycles. The first-order valence-electron chi connectivity index (χ1n) is 7.70. The molecule has 0 spiro atoms. The number of aliphatic hydroxyl groups is 1. The van der Waals surface area contributed by atoms with E-state index in [2.05, 4.69) is 41.6 Å². The maximum absolute atomic E-state index is 8.95. The van der Waals surface area contributed by atoms with Gasteiger partial charge < -0.3 is 10.4 Å². The van der Waals surface area contributed by atoms with Crippen molar-refractivity contribution in [1.29, 1.82) is 0 Å². The fourth-order valence-corrected chi connectivity index (χ4v) is 2.69. The fraction of sp³-hybridized carbons (Fsp3) is 0.471. The van der Waals surface area contributed by atoms with Crippen molar-refractivity contribution in [2.75, 3.05) is 11.9 Å². The van der Waals surface area contributed by atoms with Crippen LogP contribution in [0.25, 0.3) is 0 Å². The molecule has 2 N–H and O–H groups in total. The molecule has 0 radical (unpaired) electrons. The van der Waals surface area contributed by atoms with Crippen LogP contribution in [-0.2, 0) is 13.0 Å². The van der Waals surface area contributed by atoms with Gasteiger partial charge in [-0.2, -0.15) is 5.10 Å². The number of hydrogen-bond donors (Lipinski definition) is 2. The molecule has 1 aliphatic rings. The molecule has 0 amide bonds. The lowest BCUT2D eigenvalue weighted by molar-refractivity contribution is 0.269. The van der Waals surface area contributed by atoms with Gasteiger partial charge >= 0.3 is 0 Å². The molecule has 4 heteroatoms. The van der Waals surface area contributed by atoms with Crippen LogP contribution in [0.3, 0.4) is 0 Å². The fourth-order valence-electron chi connectivity index (χ4n) is 2.69. The summed E-state index contributed by atoms with van der Waals surface area (Å²) in [7, 11) is 0. The van der Waals surface area contributed by atoms with Gasteiger partial charge in [0.15, 0.2) is 0 Å². The number of nitrogens with zero attached hydrogens (tertiary/aromatic N) is 2. The third kappa shape index (κ3) is 3.85. The molecule has 3 rings (SSSR count). The van der Waals surface area contributed by atoms with Crippen molar-refractivity contribution in [3.05, 3.63) is 47.8 Å². The lowest BCUT2D eigenvalue weighted by atomic mass is 10.0. The average Bonchev–Trinajstić information content (AvgIpc) is 3.23. The second-order valence-corrected chi connectivity index (χ2v) is 5.99. The summed E-state index contributed by atoms with van der Waals surface area (Å²) < 4.78 is 1.78. The highest BCUT2D eigenvalue weighted by Gasteiger charge is 2.31. The second-order valence-electron chi connectivity index (χ2n) is 5.99. The van der Waals surface area contributed by atoms with Crippen molar-refractivity contribution < 1.29 is 5.11 Å². The van der Waals surface area contributed by atoms with Crippen molar-refractivity contribution in [3.63, 3.8) is 0 Å². The molecular weight excluding hydrogens is 262 g/mol. The van der Waals surface area contributed by atoms with Crippen LogP contribution in [0.4, 0.5) is 5.69 Å². The topological polar surface area (TPSA) is 50.1 Å². The minimum atomic E-state index is 0.122.